The number of nitrogens with zero attached hydrogens (tertiary/aromatic N) is 1. The summed E-state index contributed by atoms with van der Waals surface area (Å²) in [5.41, 5.74) is 8.12. The Bertz CT molecular complexity index is 342. The van der Waals surface area contributed by atoms with E-state index in [1.807, 2.05) is 14.0 Å². The van der Waals surface area contributed by atoms with E-state index in [9.17, 15) is 0 Å². The van der Waals surface area contributed by atoms with E-state index in [1.54, 1.807) is 7.11 Å². The van der Waals surface area contributed by atoms with Gasteiger partial charge in [0.2, 0.25) is 0 Å². The van der Waals surface area contributed by atoms with Crippen molar-refractivity contribution in [3.05, 3.63) is 28.2 Å². The Morgan fingerprint density at radius 1 is 1.50 bits per heavy atom. The van der Waals surface area contributed by atoms with E-state index in [2.05, 4.69) is 39.0 Å². The number of likely N-dealkylation sites (N-methyl/N-ethyl adjacent to an activating group) is 1. The fraction of sp³-hybridized carbons (Fsp3) is 0.500. The minimum Gasteiger partial charge on any atom is -0.383 e. The molecule has 0 saturated heterocycles. The molecule has 1 aromatic carbocycles. The second-order valence-electron chi connectivity index (χ2n) is 3.91. The second kappa shape index (κ2) is 6.23. The lowest BCUT2D eigenvalue weighted by atomic mass is 10.1. The molecule has 0 spiro atoms. The fourth-order valence-electron chi connectivity index (χ4n) is 1.46. The molecular formula is C12H19BrN2O. The Kier molecular flexibility index (Phi) is 5.25. The van der Waals surface area contributed by atoms with Crippen LogP contribution in [0.1, 0.15) is 18.5 Å². The number of benzene rings is 1. The first-order chi connectivity index (χ1) is 7.56. The van der Waals surface area contributed by atoms with E-state index in [-0.39, 0.29) is 6.04 Å². The average Bonchev–Trinajstić information content (AvgIpc) is 2.25. The van der Waals surface area contributed by atoms with Crippen molar-refractivity contribution in [3.63, 3.8) is 0 Å². The number of hydrogen-bond donors (Lipinski definition) is 1. The van der Waals surface area contributed by atoms with Gasteiger partial charge in [-0.3, -0.25) is 0 Å². The molecule has 0 aromatic heterocycles. The number of rotatable bonds is 5. The van der Waals surface area contributed by atoms with Gasteiger partial charge in [-0.05, 0) is 40.5 Å². The largest absolute Gasteiger partial charge is 0.383 e. The molecule has 0 amide bonds. The summed E-state index contributed by atoms with van der Waals surface area (Å²) < 4.78 is 6.13. The molecule has 0 fully saturated rings. The molecule has 1 rings (SSSR count). The molecule has 0 aliphatic heterocycles. The molecule has 3 nitrogen and oxygen atoms in total. The monoisotopic (exact) mass is 286 g/mol. The van der Waals surface area contributed by atoms with Crippen molar-refractivity contribution in [1.29, 1.82) is 0 Å². The maximum Gasteiger partial charge on any atom is 0.0637 e. The van der Waals surface area contributed by atoms with Crippen LogP contribution in [0.4, 0.5) is 5.69 Å². The summed E-state index contributed by atoms with van der Waals surface area (Å²) in [5, 5.41) is 0. The van der Waals surface area contributed by atoms with Crippen molar-refractivity contribution < 1.29 is 4.74 Å². The van der Waals surface area contributed by atoms with Gasteiger partial charge in [0, 0.05) is 31.2 Å². The van der Waals surface area contributed by atoms with E-state index in [1.165, 1.54) is 0 Å². The lowest BCUT2D eigenvalue weighted by Crippen LogP contribution is -2.22. The Morgan fingerprint density at radius 2 is 2.19 bits per heavy atom. The van der Waals surface area contributed by atoms with Gasteiger partial charge < -0.3 is 15.4 Å². The lowest BCUT2D eigenvalue weighted by molar-refractivity contribution is 0.206. The van der Waals surface area contributed by atoms with E-state index in [4.69, 9.17) is 10.5 Å². The predicted octanol–water partition coefficient (Wildman–Crippen LogP) is 2.55. The van der Waals surface area contributed by atoms with E-state index >= 15 is 0 Å². The van der Waals surface area contributed by atoms with Gasteiger partial charge in [0.1, 0.15) is 0 Å². The molecule has 1 unspecified atom stereocenters. The van der Waals surface area contributed by atoms with Crippen molar-refractivity contribution in [2.24, 2.45) is 5.73 Å². The second-order valence-corrected chi connectivity index (χ2v) is 4.77. The van der Waals surface area contributed by atoms with Crippen molar-refractivity contribution in [2.45, 2.75) is 13.0 Å². The summed E-state index contributed by atoms with van der Waals surface area (Å²) in [6.45, 7) is 3.57. The molecule has 1 aromatic rings. The number of ether oxygens (including phenoxy) is 1. The van der Waals surface area contributed by atoms with Gasteiger partial charge in [0.15, 0.2) is 0 Å². The molecule has 0 radical (unpaired) electrons. The summed E-state index contributed by atoms with van der Waals surface area (Å²) in [6, 6.07) is 6.28. The number of nitrogens with two attached hydrogens (primary N) is 1. The molecule has 0 saturated carbocycles. The molecule has 2 N–H and O–H groups in total. The topological polar surface area (TPSA) is 38.5 Å². The van der Waals surface area contributed by atoms with Gasteiger partial charge in [-0.1, -0.05) is 6.07 Å². The summed E-state index contributed by atoms with van der Waals surface area (Å²) in [7, 11) is 3.76. The third-order valence-electron chi connectivity index (χ3n) is 2.54. The van der Waals surface area contributed by atoms with Crippen LogP contribution < -0.4 is 10.6 Å². The van der Waals surface area contributed by atoms with Crippen molar-refractivity contribution >= 4 is 21.6 Å². The van der Waals surface area contributed by atoms with Crippen molar-refractivity contribution in [2.75, 3.05) is 32.2 Å². The minimum atomic E-state index is 0.0645. The number of methoxy groups -OCH3 is 1. The quantitative estimate of drug-likeness (QED) is 0.904. The lowest BCUT2D eigenvalue weighted by Gasteiger charge is -2.21. The Balaban J connectivity index is 2.81. The summed E-state index contributed by atoms with van der Waals surface area (Å²) in [4.78, 5) is 2.15. The van der Waals surface area contributed by atoms with Crippen LogP contribution in [0.25, 0.3) is 0 Å². The normalized spacial score (nSPS) is 12.6. The van der Waals surface area contributed by atoms with Crippen LogP contribution in [-0.2, 0) is 4.74 Å². The van der Waals surface area contributed by atoms with Gasteiger partial charge in [-0.25, -0.2) is 0 Å². The Labute approximate surface area is 106 Å². The molecule has 4 heteroatoms. The highest BCUT2D eigenvalue weighted by Crippen LogP contribution is 2.28. The smallest absolute Gasteiger partial charge is 0.0637 e. The molecule has 0 heterocycles. The molecular weight excluding hydrogens is 268 g/mol. The SMILES string of the molecule is COCCN(C)c1ccc(C(C)N)cc1Br. The van der Waals surface area contributed by atoms with E-state index in [0.29, 0.717) is 0 Å². The van der Waals surface area contributed by atoms with E-state index in [0.717, 1.165) is 28.9 Å². The molecule has 0 bridgehead atoms. The van der Waals surface area contributed by atoms with Crippen molar-refractivity contribution in [3.8, 4) is 0 Å². The van der Waals surface area contributed by atoms with Gasteiger partial charge in [-0.2, -0.15) is 0 Å². The summed E-state index contributed by atoms with van der Waals surface area (Å²) >= 11 is 3.57. The Morgan fingerprint density at radius 3 is 2.69 bits per heavy atom. The third kappa shape index (κ3) is 3.47. The summed E-state index contributed by atoms with van der Waals surface area (Å²) in [6.07, 6.45) is 0. The predicted molar refractivity (Wildman–Crippen MR) is 71.9 cm³/mol. The molecule has 1 atom stereocenters. The molecule has 0 aliphatic carbocycles. The van der Waals surface area contributed by atoms with Crippen LogP contribution in [0, 0.1) is 0 Å². The highest BCUT2D eigenvalue weighted by Gasteiger charge is 2.07. The van der Waals surface area contributed by atoms with Crippen LogP contribution >= 0.6 is 15.9 Å². The zero-order valence-electron chi connectivity index (χ0n) is 10.0. The third-order valence-corrected chi connectivity index (χ3v) is 3.17. The van der Waals surface area contributed by atoms with E-state index < -0.39 is 0 Å². The highest BCUT2D eigenvalue weighted by molar-refractivity contribution is 9.10. The Hall–Kier alpha value is -0.580. The van der Waals surface area contributed by atoms with Crippen LogP contribution in [0.5, 0.6) is 0 Å². The first-order valence-electron chi connectivity index (χ1n) is 5.31. The molecule has 16 heavy (non-hydrogen) atoms. The number of halogens is 1. The number of hydrogen-bond acceptors (Lipinski definition) is 3. The van der Waals surface area contributed by atoms with Gasteiger partial charge in [-0.15, -0.1) is 0 Å². The van der Waals surface area contributed by atoms with Crippen molar-refractivity contribution in [1.82, 2.24) is 0 Å². The average molecular weight is 287 g/mol. The van der Waals surface area contributed by atoms with Gasteiger partial charge >= 0.3 is 0 Å². The zero-order valence-corrected chi connectivity index (χ0v) is 11.6. The minimum absolute atomic E-state index is 0.0645. The first-order valence-corrected chi connectivity index (χ1v) is 6.10. The van der Waals surface area contributed by atoms with Gasteiger partial charge in [0.05, 0.1) is 12.3 Å². The highest BCUT2D eigenvalue weighted by atomic mass is 79.9. The first kappa shape index (κ1) is 13.5. The van der Waals surface area contributed by atoms with Crippen LogP contribution in [0.15, 0.2) is 22.7 Å². The summed E-state index contributed by atoms with van der Waals surface area (Å²) in [5.74, 6) is 0. The molecule has 90 valence electrons. The maximum atomic E-state index is 5.83. The van der Waals surface area contributed by atoms with Crippen LogP contribution in [0.3, 0.4) is 0 Å². The maximum absolute atomic E-state index is 5.83. The number of anilines is 1. The molecule has 0 aliphatic rings. The zero-order chi connectivity index (χ0) is 12.1. The fourth-order valence-corrected chi connectivity index (χ4v) is 2.16. The van der Waals surface area contributed by atoms with Crippen LogP contribution in [0.2, 0.25) is 0 Å². The van der Waals surface area contributed by atoms with Gasteiger partial charge in [0.25, 0.3) is 0 Å². The van der Waals surface area contributed by atoms with Crippen LogP contribution in [-0.4, -0.2) is 27.3 Å². The standard InChI is InChI=1S/C12H19BrN2O/c1-9(14)10-4-5-12(11(13)8-10)15(2)6-7-16-3/h4-5,8-9H,6-7,14H2,1-3H3.